The van der Waals surface area contributed by atoms with E-state index in [-0.39, 0.29) is 18.0 Å². The van der Waals surface area contributed by atoms with Gasteiger partial charge in [0.25, 0.3) is 5.91 Å². The van der Waals surface area contributed by atoms with Gasteiger partial charge in [0, 0.05) is 30.2 Å². The number of carbonyl (C=O) groups excluding carboxylic acids is 2. The van der Waals surface area contributed by atoms with Crippen molar-refractivity contribution in [1.82, 2.24) is 5.32 Å². The first-order valence-electron chi connectivity index (χ1n) is 12.7. The molecule has 6 heteroatoms. The summed E-state index contributed by atoms with van der Waals surface area (Å²) in [5.41, 5.74) is 5.99. The normalized spacial score (nSPS) is 14.7. The molecule has 4 rings (SSSR count). The summed E-state index contributed by atoms with van der Waals surface area (Å²) in [7, 11) is 0. The van der Waals surface area contributed by atoms with Gasteiger partial charge >= 0.3 is 6.03 Å². The van der Waals surface area contributed by atoms with E-state index in [1.807, 2.05) is 81.4 Å². The van der Waals surface area contributed by atoms with Crippen LogP contribution in [0.3, 0.4) is 0 Å². The molecule has 1 unspecified atom stereocenters. The molecule has 1 aliphatic rings. The highest BCUT2D eigenvalue weighted by Crippen LogP contribution is 2.29. The van der Waals surface area contributed by atoms with Crippen LogP contribution in [0.1, 0.15) is 59.8 Å². The first-order chi connectivity index (χ1) is 17.3. The van der Waals surface area contributed by atoms with Crippen molar-refractivity contribution in [3.05, 3.63) is 89.0 Å². The number of anilines is 3. The predicted molar refractivity (Wildman–Crippen MR) is 148 cm³/mol. The number of urea groups is 1. The van der Waals surface area contributed by atoms with Gasteiger partial charge in [-0.2, -0.15) is 0 Å². The van der Waals surface area contributed by atoms with Crippen LogP contribution in [0, 0.1) is 19.8 Å². The van der Waals surface area contributed by atoms with Gasteiger partial charge in [0.15, 0.2) is 0 Å². The van der Waals surface area contributed by atoms with Gasteiger partial charge in [-0.3, -0.25) is 4.79 Å². The molecule has 3 aromatic carbocycles. The number of benzene rings is 3. The lowest BCUT2D eigenvalue weighted by atomic mass is 9.97. The van der Waals surface area contributed by atoms with E-state index >= 15 is 0 Å². The molecule has 0 radical (unpaired) electrons. The SMILES string of the molecule is Cc1cccc(NC(=O)Nc2ccc(N3CCC(C)CC3)c(C(=O)NC(C)c3ccccc3)c2)c1C. The van der Waals surface area contributed by atoms with Crippen LogP contribution < -0.4 is 20.9 Å². The molecule has 1 saturated heterocycles. The second-order valence-electron chi connectivity index (χ2n) is 9.83. The number of rotatable bonds is 6. The average molecular weight is 485 g/mol. The van der Waals surface area contributed by atoms with E-state index in [0.717, 1.165) is 54.0 Å². The van der Waals surface area contributed by atoms with Crippen LogP contribution in [0.5, 0.6) is 0 Å². The molecule has 0 saturated carbocycles. The topological polar surface area (TPSA) is 73.5 Å². The number of nitrogens with zero attached hydrogens (tertiary/aromatic N) is 1. The zero-order valence-electron chi connectivity index (χ0n) is 21.6. The summed E-state index contributed by atoms with van der Waals surface area (Å²) in [6.45, 7) is 10.1. The Labute approximate surface area is 214 Å². The smallest absolute Gasteiger partial charge is 0.323 e. The molecule has 1 fully saturated rings. The minimum absolute atomic E-state index is 0.142. The Bertz CT molecular complexity index is 1220. The van der Waals surface area contributed by atoms with Crippen molar-refractivity contribution in [3.63, 3.8) is 0 Å². The molecular weight excluding hydrogens is 448 g/mol. The molecule has 36 heavy (non-hydrogen) atoms. The molecule has 3 N–H and O–H groups in total. The van der Waals surface area contributed by atoms with Gasteiger partial charge in [0.2, 0.25) is 0 Å². The summed E-state index contributed by atoms with van der Waals surface area (Å²) >= 11 is 0. The molecule has 3 aromatic rings. The minimum Gasteiger partial charge on any atom is -0.371 e. The van der Waals surface area contributed by atoms with Crippen molar-refractivity contribution in [2.75, 3.05) is 28.6 Å². The molecule has 0 spiro atoms. The van der Waals surface area contributed by atoms with Gasteiger partial charge in [-0.15, -0.1) is 0 Å². The molecule has 1 heterocycles. The molecule has 0 aromatic heterocycles. The maximum absolute atomic E-state index is 13.5. The van der Waals surface area contributed by atoms with Gasteiger partial charge in [-0.05, 0) is 80.5 Å². The number of nitrogens with one attached hydrogen (secondary N) is 3. The van der Waals surface area contributed by atoms with E-state index in [4.69, 9.17) is 0 Å². The average Bonchev–Trinajstić information content (AvgIpc) is 2.88. The van der Waals surface area contributed by atoms with Crippen LogP contribution in [0.25, 0.3) is 0 Å². The maximum atomic E-state index is 13.5. The zero-order valence-corrected chi connectivity index (χ0v) is 21.6. The van der Waals surface area contributed by atoms with E-state index < -0.39 is 0 Å². The fraction of sp³-hybridized carbons (Fsp3) is 0.333. The third-order valence-corrected chi connectivity index (χ3v) is 7.12. The number of amides is 3. The Hall–Kier alpha value is -3.80. The van der Waals surface area contributed by atoms with Crippen LogP contribution in [0.4, 0.5) is 21.9 Å². The highest BCUT2D eigenvalue weighted by molar-refractivity contribution is 6.04. The minimum atomic E-state index is -0.341. The molecule has 6 nitrogen and oxygen atoms in total. The van der Waals surface area contributed by atoms with Gasteiger partial charge < -0.3 is 20.9 Å². The van der Waals surface area contributed by atoms with Crippen LogP contribution in [-0.2, 0) is 0 Å². The monoisotopic (exact) mass is 484 g/mol. The summed E-state index contributed by atoms with van der Waals surface area (Å²) in [5, 5.41) is 8.97. The summed E-state index contributed by atoms with van der Waals surface area (Å²) in [5.74, 6) is 0.532. The second-order valence-corrected chi connectivity index (χ2v) is 9.83. The van der Waals surface area contributed by atoms with Crippen molar-refractivity contribution in [2.24, 2.45) is 5.92 Å². The molecule has 1 aliphatic heterocycles. The van der Waals surface area contributed by atoms with Gasteiger partial charge in [0.1, 0.15) is 0 Å². The number of carbonyl (C=O) groups is 2. The lowest BCUT2D eigenvalue weighted by molar-refractivity contribution is 0.0940. The Morgan fingerprint density at radius 2 is 1.64 bits per heavy atom. The molecule has 0 aliphatic carbocycles. The first-order valence-corrected chi connectivity index (χ1v) is 12.7. The third-order valence-electron chi connectivity index (χ3n) is 7.12. The highest BCUT2D eigenvalue weighted by atomic mass is 16.2. The van der Waals surface area contributed by atoms with E-state index in [1.165, 1.54) is 0 Å². The number of piperidine rings is 1. The molecular formula is C30H36N4O2. The van der Waals surface area contributed by atoms with Crippen LogP contribution in [0.2, 0.25) is 0 Å². The van der Waals surface area contributed by atoms with Crippen molar-refractivity contribution < 1.29 is 9.59 Å². The highest BCUT2D eigenvalue weighted by Gasteiger charge is 2.23. The third kappa shape index (κ3) is 6.06. The van der Waals surface area contributed by atoms with Crippen molar-refractivity contribution in [2.45, 2.75) is 46.6 Å². The molecule has 1 atom stereocenters. The summed E-state index contributed by atoms with van der Waals surface area (Å²) in [6, 6.07) is 20.8. The van der Waals surface area contributed by atoms with Crippen LogP contribution in [0.15, 0.2) is 66.7 Å². The molecule has 0 bridgehead atoms. The number of hydrogen-bond acceptors (Lipinski definition) is 3. The van der Waals surface area contributed by atoms with E-state index in [2.05, 4.69) is 27.8 Å². The van der Waals surface area contributed by atoms with Crippen LogP contribution >= 0.6 is 0 Å². The second kappa shape index (κ2) is 11.3. The van der Waals surface area contributed by atoms with Gasteiger partial charge in [-0.1, -0.05) is 49.4 Å². The zero-order chi connectivity index (χ0) is 25.7. The first kappa shape index (κ1) is 25.3. The lowest BCUT2D eigenvalue weighted by Gasteiger charge is -2.33. The fourth-order valence-corrected chi connectivity index (χ4v) is 4.59. The van der Waals surface area contributed by atoms with Gasteiger partial charge in [0.05, 0.1) is 11.6 Å². The maximum Gasteiger partial charge on any atom is 0.323 e. The van der Waals surface area contributed by atoms with E-state index in [9.17, 15) is 9.59 Å². The Kier molecular flexibility index (Phi) is 7.93. The van der Waals surface area contributed by atoms with E-state index in [0.29, 0.717) is 17.2 Å². The predicted octanol–water partition coefficient (Wildman–Crippen LogP) is 6.67. The Morgan fingerprint density at radius 3 is 2.36 bits per heavy atom. The van der Waals surface area contributed by atoms with Crippen molar-refractivity contribution >= 4 is 29.0 Å². The number of aryl methyl sites for hydroxylation is 1. The Balaban J connectivity index is 1.56. The standard InChI is InChI=1S/C30H36N4O2/c1-20-15-17-34(18-16-20)28-14-13-25(32-30(36)33-27-12-8-9-21(2)22(27)3)19-26(28)29(35)31-23(4)24-10-6-5-7-11-24/h5-14,19-20,23H,15-18H2,1-4H3,(H,31,35)(H2,32,33,36). The van der Waals surface area contributed by atoms with Crippen molar-refractivity contribution in [1.29, 1.82) is 0 Å². The largest absolute Gasteiger partial charge is 0.371 e. The fourth-order valence-electron chi connectivity index (χ4n) is 4.59. The lowest BCUT2D eigenvalue weighted by Crippen LogP contribution is -2.35. The van der Waals surface area contributed by atoms with Crippen molar-refractivity contribution in [3.8, 4) is 0 Å². The number of hydrogen-bond donors (Lipinski definition) is 3. The summed E-state index contributed by atoms with van der Waals surface area (Å²) < 4.78 is 0. The molecule has 188 valence electrons. The molecule has 3 amide bonds. The summed E-state index contributed by atoms with van der Waals surface area (Å²) in [4.78, 5) is 28.6. The quantitative estimate of drug-likeness (QED) is 0.366. The van der Waals surface area contributed by atoms with Crippen LogP contribution in [-0.4, -0.2) is 25.0 Å². The summed E-state index contributed by atoms with van der Waals surface area (Å²) in [6.07, 6.45) is 2.19. The Morgan fingerprint density at radius 1 is 0.917 bits per heavy atom. The van der Waals surface area contributed by atoms with Gasteiger partial charge in [-0.25, -0.2) is 4.79 Å². The van der Waals surface area contributed by atoms with E-state index in [1.54, 1.807) is 6.07 Å².